The molecule has 0 aliphatic carbocycles. The van der Waals surface area contributed by atoms with Crippen LogP contribution in [-0.4, -0.2) is 78.1 Å². The third-order valence-electron chi connectivity index (χ3n) is 6.87. The Hall–Kier alpha value is -0.160. The SMILES string of the molecule is NCC1(N2CCC(N3CCCC3)C2)CCN2CCCCC21. The van der Waals surface area contributed by atoms with Crippen molar-refractivity contribution in [2.75, 3.05) is 45.8 Å². The van der Waals surface area contributed by atoms with E-state index in [0.717, 1.165) is 18.6 Å². The number of nitrogens with zero attached hydrogens (tertiary/aromatic N) is 3. The number of rotatable bonds is 3. The van der Waals surface area contributed by atoms with Crippen LogP contribution in [0.4, 0.5) is 0 Å². The highest BCUT2D eigenvalue weighted by Crippen LogP contribution is 2.41. The monoisotopic (exact) mass is 292 g/mol. The molecule has 0 amide bonds. The first-order chi connectivity index (χ1) is 10.3. The van der Waals surface area contributed by atoms with Gasteiger partial charge in [-0.15, -0.1) is 0 Å². The standard InChI is InChI=1S/C17H32N4/c18-14-17(7-12-20-10-2-1-5-16(17)20)21-11-6-15(13-21)19-8-3-4-9-19/h15-16H,1-14,18H2. The Balaban J connectivity index is 1.48. The Labute approximate surface area is 129 Å². The van der Waals surface area contributed by atoms with E-state index in [1.807, 2.05) is 0 Å². The van der Waals surface area contributed by atoms with Gasteiger partial charge < -0.3 is 5.73 Å². The lowest BCUT2D eigenvalue weighted by Crippen LogP contribution is -2.61. The Morgan fingerprint density at radius 1 is 0.857 bits per heavy atom. The minimum atomic E-state index is 0.300. The van der Waals surface area contributed by atoms with Crippen LogP contribution < -0.4 is 5.73 Å². The van der Waals surface area contributed by atoms with E-state index in [9.17, 15) is 0 Å². The number of hydrogen-bond donors (Lipinski definition) is 1. The molecule has 21 heavy (non-hydrogen) atoms. The first-order valence-corrected chi connectivity index (χ1v) is 9.27. The zero-order valence-corrected chi connectivity index (χ0v) is 13.5. The predicted molar refractivity (Wildman–Crippen MR) is 86.4 cm³/mol. The largest absolute Gasteiger partial charge is 0.329 e. The zero-order chi connectivity index (χ0) is 14.3. The molecule has 0 aromatic carbocycles. The topological polar surface area (TPSA) is 35.7 Å². The molecule has 0 aromatic heterocycles. The molecule has 4 nitrogen and oxygen atoms in total. The lowest BCUT2D eigenvalue weighted by Gasteiger charge is -2.46. The smallest absolute Gasteiger partial charge is 0.0499 e. The molecule has 4 heterocycles. The lowest BCUT2D eigenvalue weighted by atomic mass is 9.84. The molecule has 120 valence electrons. The van der Waals surface area contributed by atoms with Crippen LogP contribution in [0, 0.1) is 0 Å². The van der Waals surface area contributed by atoms with Gasteiger partial charge in [-0.2, -0.15) is 0 Å². The Kier molecular flexibility index (Phi) is 3.99. The number of likely N-dealkylation sites (tertiary alicyclic amines) is 2. The van der Waals surface area contributed by atoms with Crippen LogP contribution >= 0.6 is 0 Å². The van der Waals surface area contributed by atoms with Gasteiger partial charge in [0, 0.05) is 43.8 Å². The maximum absolute atomic E-state index is 6.37. The van der Waals surface area contributed by atoms with Gasteiger partial charge in [-0.25, -0.2) is 0 Å². The van der Waals surface area contributed by atoms with Crippen molar-refractivity contribution in [1.29, 1.82) is 0 Å². The van der Waals surface area contributed by atoms with Crippen LogP contribution in [0.25, 0.3) is 0 Å². The van der Waals surface area contributed by atoms with Gasteiger partial charge in [0.15, 0.2) is 0 Å². The van der Waals surface area contributed by atoms with Gasteiger partial charge in [-0.05, 0) is 58.2 Å². The number of piperidine rings is 1. The van der Waals surface area contributed by atoms with Crippen molar-refractivity contribution in [2.24, 2.45) is 5.73 Å². The van der Waals surface area contributed by atoms with Gasteiger partial charge in [0.05, 0.1) is 0 Å². The lowest BCUT2D eigenvalue weighted by molar-refractivity contribution is 0.0493. The molecular formula is C17H32N4. The predicted octanol–water partition coefficient (Wildman–Crippen LogP) is 1.11. The summed E-state index contributed by atoms with van der Waals surface area (Å²) in [5.74, 6) is 0. The third kappa shape index (κ3) is 2.35. The highest BCUT2D eigenvalue weighted by molar-refractivity contribution is 5.10. The summed E-state index contributed by atoms with van der Waals surface area (Å²) in [6.45, 7) is 8.70. The fourth-order valence-corrected chi connectivity index (χ4v) is 5.66. The van der Waals surface area contributed by atoms with Crippen molar-refractivity contribution in [3.05, 3.63) is 0 Å². The molecule has 2 N–H and O–H groups in total. The van der Waals surface area contributed by atoms with Crippen LogP contribution in [0.15, 0.2) is 0 Å². The molecule has 4 saturated heterocycles. The second kappa shape index (κ2) is 5.80. The molecule has 0 radical (unpaired) electrons. The van der Waals surface area contributed by atoms with Crippen LogP contribution in [0.3, 0.4) is 0 Å². The maximum atomic E-state index is 6.37. The summed E-state index contributed by atoms with van der Waals surface area (Å²) in [4.78, 5) is 8.31. The quantitative estimate of drug-likeness (QED) is 0.845. The molecule has 4 fully saturated rings. The van der Waals surface area contributed by atoms with Gasteiger partial charge in [-0.3, -0.25) is 14.7 Å². The molecule has 4 aliphatic rings. The van der Waals surface area contributed by atoms with E-state index in [2.05, 4.69) is 14.7 Å². The fraction of sp³-hybridized carbons (Fsp3) is 1.00. The van der Waals surface area contributed by atoms with Crippen molar-refractivity contribution < 1.29 is 0 Å². The van der Waals surface area contributed by atoms with Crippen LogP contribution in [0.5, 0.6) is 0 Å². The van der Waals surface area contributed by atoms with Crippen molar-refractivity contribution >= 4 is 0 Å². The first kappa shape index (κ1) is 14.4. The van der Waals surface area contributed by atoms with E-state index in [-0.39, 0.29) is 0 Å². The van der Waals surface area contributed by atoms with Gasteiger partial charge in [-0.1, -0.05) is 6.42 Å². The Morgan fingerprint density at radius 3 is 2.43 bits per heavy atom. The molecule has 4 rings (SSSR count). The molecule has 0 saturated carbocycles. The summed E-state index contributed by atoms with van der Waals surface area (Å²) >= 11 is 0. The van der Waals surface area contributed by atoms with E-state index in [0.29, 0.717) is 5.54 Å². The number of hydrogen-bond acceptors (Lipinski definition) is 4. The second-order valence-electron chi connectivity index (χ2n) is 7.74. The van der Waals surface area contributed by atoms with E-state index in [1.165, 1.54) is 84.2 Å². The van der Waals surface area contributed by atoms with Crippen molar-refractivity contribution in [3.63, 3.8) is 0 Å². The highest BCUT2D eigenvalue weighted by atomic mass is 15.4. The average Bonchev–Trinajstić information content (AvgIpc) is 3.26. The van der Waals surface area contributed by atoms with E-state index in [4.69, 9.17) is 5.73 Å². The normalized spacial score (nSPS) is 42.7. The fourth-order valence-electron chi connectivity index (χ4n) is 5.66. The summed E-state index contributed by atoms with van der Waals surface area (Å²) < 4.78 is 0. The van der Waals surface area contributed by atoms with Crippen LogP contribution in [0.1, 0.15) is 44.9 Å². The van der Waals surface area contributed by atoms with E-state index >= 15 is 0 Å². The summed E-state index contributed by atoms with van der Waals surface area (Å²) in [5, 5.41) is 0. The molecule has 0 spiro atoms. The molecule has 0 aromatic rings. The molecule has 0 bridgehead atoms. The van der Waals surface area contributed by atoms with E-state index in [1.54, 1.807) is 0 Å². The average molecular weight is 292 g/mol. The Bertz CT molecular complexity index is 368. The maximum Gasteiger partial charge on any atom is 0.0499 e. The highest BCUT2D eigenvalue weighted by Gasteiger charge is 2.52. The van der Waals surface area contributed by atoms with Crippen molar-refractivity contribution in [1.82, 2.24) is 14.7 Å². The molecule has 4 aliphatic heterocycles. The molecule has 3 atom stereocenters. The number of fused-ring (bicyclic) bond motifs is 1. The Morgan fingerprint density at radius 2 is 1.62 bits per heavy atom. The van der Waals surface area contributed by atoms with Gasteiger partial charge in [0.2, 0.25) is 0 Å². The molecule has 4 heteroatoms. The third-order valence-corrected chi connectivity index (χ3v) is 6.87. The summed E-state index contributed by atoms with van der Waals surface area (Å²) in [7, 11) is 0. The van der Waals surface area contributed by atoms with Gasteiger partial charge >= 0.3 is 0 Å². The summed E-state index contributed by atoms with van der Waals surface area (Å²) in [6.07, 6.45) is 9.68. The summed E-state index contributed by atoms with van der Waals surface area (Å²) in [5.41, 5.74) is 6.67. The first-order valence-electron chi connectivity index (χ1n) is 9.27. The van der Waals surface area contributed by atoms with Crippen LogP contribution in [-0.2, 0) is 0 Å². The zero-order valence-electron chi connectivity index (χ0n) is 13.5. The minimum absolute atomic E-state index is 0.300. The van der Waals surface area contributed by atoms with Gasteiger partial charge in [0.25, 0.3) is 0 Å². The van der Waals surface area contributed by atoms with Crippen molar-refractivity contribution in [3.8, 4) is 0 Å². The molecular weight excluding hydrogens is 260 g/mol. The summed E-state index contributed by atoms with van der Waals surface area (Å²) in [6, 6.07) is 1.56. The second-order valence-corrected chi connectivity index (χ2v) is 7.74. The molecule has 3 unspecified atom stereocenters. The minimum Gasteiger partial charge on any atom is -0.329 e. The van der Waals surface area contributed by atoms with Crippen LogP contribution in [0.2, 0.25) is 0 Å². The van der Waals surface area contributed by atoms with Crippen molar-refractivity contribution in [2.45, 2.75) is 62.6 Å². The van der Waals surface area contributed by atoms with E-state index < -0.39 is 0 Å². The van der Waals surface area contributed by atoms with Gasteiger partial charge in [0.1, 0.15) is 0 Å². The number of nitrogens with two attached hydrogens (primary N) is 1.